The van der Waals surface area contributed by atoms with Gasteiger partial charge in [0.05, 0.1) is 36.4 Å². The van der Waals surface area contributed by atoms with Crippen LogP contribution >= 0.6 is 0 Å². The van der Waals surface area contributed by atoms with Gasteiger partial charge in [-0.05, 0) is 60.4 Å². The van der Waals surface area contributed by atoms with Crippen molar-refractivity contribution < 1.29 is 83.7 Å². The van der Waals surface area contributed by atoms with Gasteiger partial charge < -0.3 is 40.0 Å². The zero-order chi connectivity index (χ0) is 36.6. The third-order valence-corrected chi connectivity index (χ3v) is 7.95. The molecule has 1 amide bonds. The van der Waals surface area contributed by atoms with Crippen LogP contribution in [0.4, 0.5) is 50.0 Å². The quantitative estimate of drug-likeness (QED) is 0.246. The first-order chi connectivity index (χ1) is 22.6. The Kier molecular flexibility index (Phi) is 11.0. The molecule has 7 unspecified atom stereocenters. The van der Waals surface area contributed by atoms with E-state index in [1.807, 2.05) is 0 Å². The summed E-state index contributed by atoms with van der Waals surface area (Å²) in [4.78, 5) is 25.1. The molecule has 49 heavy (non-hydrogen) atoms. The van der Waals surface area contributed by atoms with Crippen LogP contribution in [0.1, 0.15) is 46.7 Å². The molecule has 272 valence electrons. The van der Waals surface area contributed by atoms with Gasteiger partial charge in [0.25, 0.3) is 0 Å². The van der Waals surface area contributed by atoms with E-state index in [0.717, 1.165) is 13.2 Å². The Morgan fingerprint density at radius 1 is 0.878 bits per heavy atom. The van der Waals surface area contributed by atoms with Gasteiger partial charge in [0.2, 0.25) is 0 Å². The molecule has 1 fully saturated rings. The Labute approximate surface area is 270 Å². The van der Waals surface area contributed by atoms with Crippen molar-refractivity contribution in [1.29, 1.82) is 0 Å². The van der Waals surface area contributed by atoms with E-state index in [0.29, 0.717) is 29.2 Å². The lowest BCUT2D eigenvalue weighted by Gasteiger charge is -2.40. The summed E-state index contributed by atoms with van der Waals surface area (Å²) < 4.78 is 138. The number of aliphatic carboxylic acids is 1. The Bertz CT molecular complexity index is 1490. The van der Waals surface area contributed by atoms with Gasteiger partial charge in [-0.25, -0.2) is 9.59 Å². The second kappa shape index (κ2) is 14.2. The number of hydrogen-bond donors (Lipinski definition) is 5. The van der Waals surface area contributed by atoms with Crippen LogP contribution < -0.4 is 5.32 Å². The molecule has 4 rings (SSSR count). The molecule has 2 heterocycles. The first-order valence-corrected chi connectivity index (χ1v) is 14.3. The number of carboxylic acid groups (broad SMARTS) is 1. The maximum atomic E-state index is 13.7. The molecule has 11 nitrogen and oxygen atoms in total. The molecular weight excluding hydrogens is 691 g/mol. The molecule has 5 N–H and O–H groups in total. The first kappa shape index (κ1) is 38.0. The lowest BCUT2D eigenvalue weighted by Crippen LogP contribution is -2.60. The molecule has 0 bridgehead atoms. The molecule has 0 radical (unpaired) electrons. The highest BCUT2D eigenvalue weighted by molar-refractivity contribution is 5.73. The van der Waals surface area contributed by atoms with Gasteiger partial charge in [-0.2, -0.15) is 39.5 Å². The highest BCUT2D eigenvalue weighted by Gasteiger charge is 2.48. The average Bonchev–Trinajstić information content (AvgIpc) is 3.01. The van der Waals surface area contributed by atoms with Crippen molar-refractivity contribution in [2.75, 3.05) is 19.0 Å². The number of hydrogen-bond acceptors (Lipinski definition) is 9. The van der Waals surface area contributed by atoms with E-state index in [4.69, 9.17) is 14.2 Å². The van der Waals surface area contributed by atoms with Crippen molar-refractivity contribution in [3.8, 4) is 0 Å². The highest BCUT2D eigenvalue weighted by atomic mass is 19.4. The van der Waals surface area contributed by atoms with Gasteiger partial charge in [-0.1, -0.05) is 0 Å². The molecule has 20 heteroatoms. The second-order valence-electron chi connectivity index (χ2n) is 11.3. The number of carboxylic acids is 1. The number of nitrogens with zero attached hydrogens (tertiary/aromatic N) is 1. The summed E-state index contributed by atoms with van der Waals surface area (Å²) in [5, 5.41) is 42.2. The maximum Gasteiger partial charge on any atom is 0.416 e. The van der Waals surface area contributed by atoms with Crippen molar-refractivity contribution in [2.24, 2.45) is 0 Å². The number of carbonyl (C=O) groups excluding carboxylic acids is 1. The molecule has 2 aliphatic rings. The zero-order valence-corrected chi connectivity index (χ0v) is 25.0. The van der Waals surface area contributed by atoms with Gasteiger partial charge in [0.1, 0.15) is 18.3 Å². The molecular formula is C29H29F9N2O9. The van der Waals surface area contributed by atoms with Crippen LogP contribution in [0.15, 0.2) is 36.4 Å². The number of methoxy groups -OCH3 is 1. The number of aliphatic hydroxyl groups is 3. The number of ether oxygens (including phenoxy) is 3. The predicted molar refractivity (Wildman–Crippen MR) is 145 cm³/mol. The summed E-state index contributed by atoms with van der Waals surface area (Å²) in [6, 6.07) is 0.757. The molecule has 1 saturated heterocycles. The third kappa shape index (κ3) is 8.66. The van der Waals surface area contributed by atoms with E-state index in [2.05, 4.69) is 5.32 Å². The summed E-state index contributed by atoms with van der Waals surface area (Å²) >= 11 is 0. The number of nitrogens with one attached hydrogen (secondary N) is 1. The Hall–Kier alpha value is -3.85. The Balaban J connectivity index is 1.67. The molecule has 0 aromatic heterocycles. The van der Waals surface area contributed by atoms with Crippen LogP contribution in [-0.2, 0) is 44.1 Å². The SMILES string of the molecule is COC(=O)N(Cc1cc(C(F)(F)F)cc(C(F)(F)F)c1)C1CC(CCOC2OC(C(=O)O)C(O)C(O)C2O)Nc2ccc(C(F)(F)F)cc21. The van der Waals surface area contributed by atoms with Crippen LogP contribution in [0.25, 0.3) is 0 Å². The fraction of sp³-hybridized carbons (Fsp3) is 0.517. The van der Waals surface area contributed by atoms with Crippen LogP contribution in [0, 0.1) is 0 Å². The first-order valence-electron chi connectivity index (χ1n) is 14.3. The monoisotopic (exact) mass is 720 g/mol. The van der Waals surface area contributed by atoms with Gasteiger partial charge in [0.15, 0.2) is 12.4 Å². The molecule has 2 aliphatic heterocycles. The lowest BCUT2D eigenvalue weighted by atomic mass is 9.89. The Morgan fingerprint density at radius 3 is 2.00 bits per heavy atom. The summed E-state index contributed by atoms with van der Waals surface area (Å²) in [6.45, 7) is -1.35. The summed E-state index contributed by atoms with van der Waals surface area (Å²) in [5.74, 6) is -1.68. The number of rotatable bonds is 8. The maximum absolute atomic E-state index is 13.7. The van der Waals surface area contributed by atoms with E-state index in [1.165, 1.54) is 0 Å². The minimum atomic E-state index is -5.23. The number of aliphatic hydroxyl groups excluding tert-OH is 3. The molecule has 0 aliphatic carbocycles. The largest absolute Gasteiger partial charge is 0.479 e. The van der Waals surface area contributed by atoms with Gasteiger partial charge >= 0.3 is 30.6 Å². The summed E-state index contributed by atoms with van der Waals surface area (Å²) in [7, 11) is 0.854. The van der Waals surface area contributed by atoms with Crippen LogP contribution in [0.5, 0.6) is 0 Å². The van der Waals surface area contributed by atoms with Gasteiger partial charge in [-0.15, -0.1) is 0 Å². The predicted octanol–water partition coefficient (Wildman–Crippen LogP) is 4.54. The fourth-order valence-electron chi connectivity index (χ4n) is 5.55. The zero-order valence-electron chi connectivity index (χ0n) is 25.0. The molecule has 7 atom stereocenters. The molecule has 0 saturated carbocycles. The van der Waals surface area contributed by atoms with E-state index in [-0.39, 0.29) is 30.2 Å². The standard InChI is InChI=1S/C29H29F9N2O9/c1-47-26(46)40(11-12-6-14(28(33,34)35)8-15(7-12)29(36,37)38)19-10-16(39-18-3-2-13(9-17(18)19)27(30,31)32)4-5-48-25-22(43)20(41)21(42)23(49-25)24(44)45/h2-3,6-9,16,19-23,25,39,41-43H,4-5,10-11H2,1H3,(H,44,45). The number of amides is 1. The minimum absolute atomic E-state index is 0.0154. The number of fused-ring (bicyclic) bond motifs is 1. The van der Waals surface area contributed by atoms with Crippen LogP contribution in [0.3, 0.4) is 0 Å². The molecule has 0 spiro atoms. The molecule has 2 aromatic rings. The van der Waals surface area contributed by atoms with Crippen molar-refractivity contribution in [2.45, 2.75) is 80.7 Å². The number of benzene rings is 2. The number of alkyl halides is 9. The Morgan fingerprint density at radius 2 is 1.47 bits per heavy atom. The smallest absolute Gasteiger partial charge is 0.416 e. The fourth-order valence-corrected chi connectivity index (χ4v) is 5.55. The minimum Gasteiger partial charge on any atom is -0.479 e. The van der Waals surface area contributed by atoms with Gasteiger partial charge in [0, 0.05) is 18.3 Å². The lowest BCUT2D eigenvalue weighted by molar-refractivity contribution is -0.294. The molecule has 2 aromatic carbocycles. The van der Waals surface area contributed by atoms with E-state index >= 15 is 0 Å². The van der Waals surface area contributed by atoms with E-state index in [1.54, 1.807) is 0 Å². The summed E-state index contributed by atoms with van der Waals surface area (Å²) in [6.07, 6.45) is -26.6. The number of halogens is 9. The van der Waals surface area contributed by atoms with E-state index in [9.17, 15) is 69.5 Å². The second-order valence-corrected chi connectivity index (χ2v) is 11.3. The number of carbonyl (C=O) groups is 2. The van der Waals surface area contributed by atoms with Gasteiger partial charge in [-0.3, -0.25) is 4.90 Å². The topological polar surface area (TPSA) is 158 Å². The third-order valence-electron chi connectivity index (χ3n) is 7.95. The normalized spacial score (nSPS) is 26.0. The van der Waals surface area contributed by atoms with E-state index < -0.39 is 109 Å². The number of anilines is 1. The van der Waals surface area contributed by atoms with Crippen molar-refractivity contribution >= 4 is 17.7 Å². The van der Waals surface area contributed by atoms with Crippen LogP contribution in [-0.4, -0.2) is 87.9 Å². The van der Waals surface area contributed by atoms with Crippen LogP contribution in [0.2, 0.25) is 0 Å². The highest BCUT2D eigenvalue weighted by Crippen LogP contribution is 2.43. The average molecular weight is 721 g/mol. The van der Waals surface area contributed by atoms with Crippen molar-refractivity contribution in [3.05, 3.63) is 64.2 Å². The van der Waals surface area contributed by atoms with Crippen molar-refractivity contribution in [3.63, 3.8) is 0 Å². The van der Waals surface area contributed by atoms with Crippen molar-refractivity contribution in [1.82, 2.24) is 4.90 Å². The summed E-state index contributed by atoms with van der Waals surface area (Å²) in [5.41, 5.74) is -5.36.